The third kappa shape index (κ3) is 4.05. The van der Waals surface area contributed by atoms with Crippen molar-refractivity contribution < 1.29 is 4.74 Å². The second-order valence-electron chi connectivity index (χ2n) is 6.75. The molecule has 0 amide bonds. The van der Waals surface area contributed by atoms with E-state index in [1.807, 2.05) is 36.9 Å². The second-order valence-corrected chi connectivity index (χ2v) is 6.75. The molecule has 4 rings (SSSR count). The lowest BCUT2D eigenvalue weighted by molar-refractivity contribution is 0.137. The third-order valence-corrected chi connectivity index (χ3v) is 4.69. The molecule has 0 radical (unpaired) electrons. The van der Waals surface area contributed by atoms with Gasteiger partial charge in [-0.15, -0.1) is 0 Å². The van der Waals surface area contributed by atoms with Gasteiger partial charge in [0.25, 0.3) is 0 Å². The van der Waals surface area contributed by atoms with Crippen molar-refractivity contribution in [2.75, 3.05) is 49.6 Å². The van der Waals surface area contributed by atoms with Gasteiger partial charge in [-0.05, 0) is 25.5 Å². The van der Waals surface area contributed by atoms with Gasteiger partial charge in [0.2, 0.25) is 5.95 Å². The van der Waals surface area contributed by atoms with Crippen LogP contribution in [0.25, 0.3) is 11.0 Å². The summed E-state index contributed by atoms with van der Waals surface area (Å²) in [5.74, 6) is 2.17. The number of fused-ring (bicyclic) bond motifs is 1. The lowest BCUT2D eigenvalue weighted by Crippen LogP contribution is -2.44. The average Bonchev–Trinajstić information content (AvgIpc) is 3.14. The maximum Gasteiger partial charge on any atom is 0.228 e. The quantitative estimate of drug-likeness (QED) is 0.597. The first-order valence-electron chi connectivity index (χ1n) is 9.71. The van der Waals surface area contributed by atoms with Crippen molar-refractivity contribution in [1.82, 2.24) is 30.0 Å². The number of hydrogen-bond acceptors (Lipinski definition) is 8. The standard InChI is InChI=1S/C19H26N8O/c1-3-28-11-10-27-17-15(13-22-27)23-19(26-8-6-20-7-9-26)25-18(17)24-16-5-4-14(2)12-21-16/h4-5,12-13,20H,3,6-11H2,1-2H3,(H,21,23,24,25). The molecule has 0 spiro atoms. The molecule has 1 saturated heterocycles. The van der Waals surface area contributed by atoms with Crippen LogP contribution >= 0.6 is 0 Å². The van der Waals surface area contributed by atoms with Gasteiger partial charge in [-0.3, -0.25) is 4.68 Å². The summed E-state index contributed by atoms with van der Waals surface area (Å²) in [4.78, 5) is 16.3. The van der Waals surface area contributed by atoms with E-state index in [1.165, 1.54) is 0 Å². The number of hydrogen-bond donors (Lipinski definition) is 2. The lowest BCUT2D eigenvalue weighted by atomic mass is 10.3. The van der Waals surface area contributed by atoms with Gasteiger partial charge in [0.05, 0.1) is 19.3 Å². The largest absolute Gasteiger partial charge is 0.380 e. The van der Waals surface area contributed by atoms with Crippen LogP contribution in [0, 0.1) is 6.92 Å². The first kappa shape index (κ1) is 18.6. The van der Waals surface area contributed by atoms with E-state index in [9.17, 15) is 0 Å². The fraction of sp³-hybridized carbons (Fsp3) is 0.474. The van der Waals surface area contributed by atoms with Crippen LogP contribution in [0.1, 0.15) is 12.5 Å². The van der Waals surface area contributed by atoms with Gasteiger partial charge in [-0.1, -0.05) is 6.07 Å². The van der Waals surface area contributed by atoms with E-state index < -0.39 is 0 Å². The Bertz CT molecular complexity index is 918. The molecule has 9 nitrogen and oxygen atoms in total. The van der Waals surface area contributed by atoms with Crippen molar-refractivity contribution in [3.8, 4) is 0 Å². The van der Waals surface area contributed by atoms with Gasteiger partial charge >= 0.3 is 0 Å². The molecule has 3 aromatic heterocycles. The summed E-state index contributed by atoms with van der Waals surface area (Å²) in [7, 11) is 0. The van der Waals surface area contributed by atoms with Crippen LogP contribution in [0.15, 0.2) is 24.5 Å². The fourth-order valence-electron chi connectivity index (χ4n) is 3.21. The number of ether oxygens (including phenoxy) is 1. The number of aromatic nitrogens is 5. The number of pyridine rings is 1. The van der Waals surface area contributed by atoms with Crippen LogP contribution in [0.2, 0.25) is 0 Å². The minimum Gasteiger partial charge on any atom is -0.380 e. The Hall–Kier alpha value is -2.78. The molecule has 1 aliphatic heterocycles. The number of rotatable bonds is 7. The van der Waals surface area contributed by atoms with Crippen LogP contribution in [-0.2, 0) is 11.3 Å². The molecule has 3 aromatic rings. The summed E-state index contributed by atoms with van der Waals surface area (Å²) >= 11 is 0. The van der Waals surface area contributed by atoms with Crippen LogP contribution in [0.4, 0.5) is 17.6 Å². The molecule has 2 N–H and O–H groups in total. The molecular weight excluding hydrogens is 356 g/mol. The number of nitrogens with one attached hydrogen (secondary N) is 2. The Morgan fingerprint density at radius 2 is 2.04 bits per heavy atom. The van der Waals surface area contributed by atoms with E-state index in [1.54, 1.807) is 6.20 Å². The minimum atomic E-state index is 0.592. The minimum absolute atomic E-state index is 0.592. The van der Waals surface area contributed by atoms with E-state index in [4.69, 9.17) is 14.7 Å². The molecule has 0 aromatic carbocycles. The highest BCUT2D eigenvalue weighted by Crippen LogP contribution is 2.26. The van der Waals surface area contributed by atoms with Gasteiger partial charge in [0, 0.05) is 39.0 Å². The fourth-order valence-corrected chi connectivity index (χ4v) is 3.21. The predicted molar refractivity (Wildman–Crippen MR) is 109 cm³/mol. The highest BCUT2D eigenvalue weighted by Gasteiger charge is 2.19. The first-order valence-corrected chi connectivity index (χ1v) is 9.71. The number of aryl methyl sites for hydroxylation is 1. The molecule has 0 unspecified atom stereocenters. The highest BCUT2D eigenvalue weighted by atomic mass is 16.5. The maximum absolute atomic E-state index is 5.50. The lowest BCUT2D eigenvalue weighted by Gasteiger charge is -2.27. The Balaban J connectivity index is 1.72. The van der Waals surface area contributed by atoms with Gasteiger partial charge < -0.3 is 20.3 Å². The predicted octanol–water partition coefficient (Wildman–Crippen LogP) is 1.72. The zero-order valence-corrected chi connectivity index (χ0v) is 16.4. The Morgan fingerprint density at radius 3 is 2.79 bits per heavy atom. The summed E-state index contributed by atoms with van der Waals surface area (Å²) in [6, 6.07) is 3.98. The summed E-state index contributed by atoms with van der Waals surface area (Å²) in [6.07, 6.45) is 3.63. The number of nitrogens with zero attached hydrogens (tertiary/aromatic N) is 6. The van der Waals surface area contributed by atoms with Crippen molar-refractivity contribution in [2.24, 2.45) is 0 Å². The Labute approximate surface area is 164 Å². The van der Waals surface area contributed by atoms with Crippen molar-refractivity contribution in [2.45, 2.75) is 20.4 Å². The number of anilines is 3. The summed E-state index contributed by atoms with van der Waals surface area (Å²) in [5, 5.41) is 11.2. The van der Waals surface area contributed by atoms with E-state index >= 15 is 0 Å². The molecule has 4 heterocycles. The molecule has 0 bridgehead atoms. The molecular formula is C19H26N8O. The molecule has 1 aliphatic rings. The van der Waals surface area contributed by atoms with Gasteiger partial charge in [-0.25, -0.2) is 9.97 Å². The summed E-state index contributed by atoms with van der Waals surface area (Å²) < 4.78 is 7.39. The van der Waals surface area contributed by atoms with Gasteiger partial charge in [0.15, 0.2) is 5.82 Å². The van der Waals surface area contributed by atoms with Crippen LogP contribution in [-0.4, -0.2) is 64.1 Å². The molecule has 148 valence electrons. The summed E-state index contributed by atoms with van der Waals surface area (Å²) in [5.41, 5.74) is 2.79. The molecule has 28 heavy (non-hydrogen) atoms. The monoisotopic (exact) mass is 382 g/mol. The normalized spacial score (nSPS) is 14.6. The van der Waals surface area contributed by atoms with Crippen molar-refractivity contribution >= 4 is 28.6 Å². The van der Waals surface area contributed by atoms with Crippen molar-refractivity contribution in [1.29, 1.82) is 0 Å². The third-order valence-electron chi connectivity index (χ3n) is 4.69. The topological polar surface area (TPSA) is 93.0 Å². The van der Waals surface area contributed by atoms with E-state index in [0.717, 1.165) is 48.6 Å². The van der Waals surface area contributed by atoms with E-state index in [2.05, 4.69) is 25.6 Å². The molecule has 0 saturated carbocycles. The first-order chi connectivity index (χ1) is 13.7. The van der Waals surface area contributed by atoms with E-state index in [0.29, 0.717) is 31.5 Å². The zero-order valence-electron chi connectivity index (χ0n) is 16.4. The summed E-state index contributed by atoms with van der Waals surface area (Å²) in [6.45, 7) is 9.54. The molecule has 1 fully saturated rings. The Morgan fingerprint density at radius 1 is 1.18 bits per heavy atom. The molecule has 9 heteroatoms. The second kappa shape index (κ2) is 8.49. The van der Waals surface area contributed by atoms with Crippen LogP contribution in [0.3, 0.4) is 0 Å². The number of piperazine rings is 1. The van der Waals surface area contributed by atoms with Crippen molar-refractivity contribution in [3.63, 3.8) is 0 Å². The maximum atomic E-state index is 5.50. The van der Waals surface area contributed by atoms with Gasteiger partial charge in [-0.2, -0.15) is 10.1 Å². The molecule has 0 aliphatic carbocycles. The smallest absolute Gasteiger partial charge is 0.228 e. The average molecular weight is 382 g/mol. The van der Waals surface area contributed by atoms with Crippen LogP contribution in [0.5, 0.6) is 0 Å². The SMILES string of the molecule is CCOCCn1ncc2nc(N3CCNCC3)nc(Nc3ccc(C)cn3)c21. The highest BCUT2D eigenvalue weighted by molar-refractivity contribution is 5.88. The molecule has 0 atom stereocenters. The Kier molecular flexibility index (Phi) is 5.63. The van der Waals surface area contributed by atoms with E-state index in [-0.39, 0.29) is 0 Å². The van der Waals surface area contributed by atoms with Crippen LogP contribution < -0.4 is 15.5 Å². The zero-order chi connectivity index (χ0) is 19.3. The van der Waals surface area contributed by atoms with Crippen molar-refractivity contribution in [3.05, 3.63) is 30.1 Å². The van der Waals surface area contributed by atoms with Gasteiger partial charge in [0.1, 0.15) is 16.9 Å².